The lowest BCUT2D eigenvalue weighted by Crippen LogP contribution is -2.47. The van der Waals surface area contributed by atoms with Crippen molar-refractivity contribution in [1.82, 2.24) is 19.8 Å². The molecular weight excluding hydrogens is 331 g/mol. The third-order valence-electron chi connectivity index (χ3n) is 4.92. The maximum Gasteiger partial charge on any atom is 0.222 e. The van der Waals surface area contributed by atoms with Crippen LogP contribution in [0, 0.1) is 5.82 Å². The van der Waals surface area contributed by atoms with Gasteiger partial charge in [-0.15, -0.1) is 0 Å². The van der Waals surface area contributed by atoms with Crippen LogP contribution in [0.4, 0.5) is 4.39 Å². The van der Waals surface area contributed by atoms with Crippen LogP contribution in [0.2, 0.25) is 0 Å². The lowest BCUT2D eigenvalue weighted by Gasteiger charge is -2.33. The number of nitrogens with zero attached hydrogens (tertiary/aromatic N) is 3. The average molecular weight is 358 g/mol. The fourth-order valence-corrected chi connectivity index (χ4v) is 3.56. The molecule has 2 heterocycles. The van der Waals surface area contributed by atoms with Gasteiger partial charge in [0, 0.05) is 56.5 Å². The highest BCUT2D eigenvalue weighted by atomic mass is 19.1. The number of halogens is 1. The second kappa shape index (κ2) is 8.94. The van der Waals surface area contributed by atoms with E-state index in [-0.39, 0.29) is 17.8 Å². The summed E-state index contributed by atoms with van der Waals surface area (Å²) in [7, 11) is 0. The first kappa shape index (κ1) is 18.6. The lowest BCUT2D eigenvalue weighted by atomic mass is 10.0. The van der Waals surface area contributed by atoms with E-state index in [4.69, 9.17) is 0 Å². The molecule has 1 aliphatic heterocycles. The normalized spacial score (nSPS) is 18.0. The minimum Gasteiger partial charge on any atom is -0.352 e. The standard InChI is InChI=1S/C20H27FN4O/c1-2-19-22-10-13-25(19)12-9-20(26)23-17-7-5-11-24(15-17)14-16-6-3-4-8-18(16)21/h3-4,6,8,10,13,17H,2,5,7,9,11-12,14-15H2,1H3,(H,23,26)/t17-/m0/s1. The number of rotatable bonds is 7. The van der Waals surface area contributed by atoms with E-state index in [1.54, 1.807) is 12.3 Å². The number of nitrogens with one attached hydrogen (secondary N) is 1. The van der Waals surface area contributed by atoms with Crippen molar-refractivity contribution in [3.8, 4) is 0 Å². The minimum absolute atomic E-state index is 0.0681. The van der Waals surface area contributed by atoms with Gasteiger partial charge in [0.05, 0.1) is 0 Å². The van der Waals surface area contributed by atoms with Gasteiger partial charge in [0.1, 0.15) is 11.6 Å². The molecule has 5 nitrogen and oxygen atoms in total. The van der Waals surface area contributed by atoms with Crippen LogP contribution in [0.3, 0.4) is 0 Å². The quantitative estimate of drug-likeness (QED) is 0.828. The summed E-state index contributed by atoms with van der Waals surface area (Å²) in [6, 6.07) is 7.04. The highest BCUT2D eigenvalue weighted by Crippen LogP contribution is 2.16. The van der Waals surface area contributed by atoms with E-state index in [2.05, 4.69) is 22.1 Å². The number of aromatic nitrogens is 2. The molecule has 26 heavy (non-hydrogen) atoms. The molecule has 0 saturated carbocycles. The number of likely N-dealkylation sites (tertiary alicyclic amines) is 1. The van der Waals surface area contributed by atoms with E-state index in [1.165, 1.54) is 6.07 Å². The van der Waals surface area contributed by atoms with Crippen LogP contribution < -0.4 is 5.32 Å². The highest BCUT2D eigenvalue weighted by Gasteiger charge is 2.22. The van der Waals surface area contributed by atoms with Crippen LogP contribution >= 0.6 is 0 Å². The Balaban J connectivity index is 1.47. The summed E-state index contributed by atoms with van der Waals surface area (Å²) in [5.41, 5.74) is 0.715. The number of piperidine rings is 1. The van der Waals surface area contributed by atoms with Gasteiger partial charge < -0.3 is 9.88 Å². The van der Waals surface area contributed by atoms with E-state index >= 15 is 0 Å². The Hall–Kier alpha value is -2.21. The van der Waals surface area contributed by atoms with Gasteiger partial charge in [-0.25, -0.2) is 9.37 Å². The van der Waals surface area contributed by atoms with Crippen molar-refractivity contribution in [2.75, 3.05) is 13.1 Å². The topological polar surface area (TPSA) is 50.2 Å². The minimum atomic E-state index is -0.161. The van der Waals surface area contributed by atoms with Gasteiger partial charge in [-0.2, -0.15) is 0 Å². The summed E-state index contributed by atoms with van der Waals surface area (Å²) >= 11 is 0. The fourth-order valence-electron chi connectivity index (χ4n) is 3.56. The first-order valence-corrected chi connectivity index (χ1v) is 9.41. The van der Waals surface area contributed by atoms with Crippen LogP contribution in [0.5, 0.6) is 0 Å². The van der Waals surface area contributed by atoms with Gasteiger partial charge in [0.15, 0.2) is 0 Å². The molecule has 1 amide bonds. The number of hydrogen-bond acceptors (Lipinski definition) is 3. The Kier molecular flexibility index (Phi) is 6.39. The van der Waals surface area contributed by atoms with Crippen LogP contribution in [-0.2, 0) is 24.3 Å². The molecule has 1 aromatic heterocycles. The van der Waals surface area contributed by atoms with Gasteiger partial charge >= 0.3 is 0 Å². The van der Waals surface area contributed by atoms with Crippen molar-refractivity contribution in [3.63, 3.8) is 0 Å². The molecule has 140 valence electrons. The number of hydrogen-bond donors (Lipinski definition) is 1. The molecule has 1 fully saturated rings. The van der Waals surface area contributed by atoms with E-state index in [0.29, 0.717) is 25.1 Å². The van der Waals surface area contributed by atoms with E-state index in [9.17, 15) is 9.18 Å². The van der Waals surface area contributed by atoms with Crippen LogP contribution in [0.1, 0.15) is 37.6 Å². The molecule has 1 N–H and O–H groups in total. The zero-order valence-electron chi connectivity index (χ0n) is 15.3. The first-order valence-electron chi connectivity index (χ1n) is 9.41. The second-order valence-electron chi connectivity index (χ2n) is 6.87. The van der Waals surface area contributed by atoms with Gasteiger partial charge in [-0.3, -0.25) is 9.69 Å². The molecule has 1 atom stereocenters. The highest BCUT2D eigenvalue weighted by molar-refractivity contribution is 5.76. The zero-order chi connectivity index (χ0) is 18.4. The fraction of sp³-hybridized carbons (Fsp3) is 0.500. The van der Waals surface area contributed by atoms with E-state index in [1.807, 2.05) is 22.9 Å². The Morgan fingerprint density at radius 2 is 2.23 bits per heavy atom. The average Bonchev–Trinajstić information content (AvgIpc) is 3.10. The van der Waals surface area contributed by atoms with Crippen LogP contribution in [0.25, 0.3) is 0 Å². The third-order valence-corrected chi connectivity index (χ3v) is 4.92. The van der Waals surface area contributed by atoms with E-state index < -0.39 is 0 Å². The maximum absolute atomic E-state index is 13.8. The zero-order valence-corrected chi connectivity index (χ0v) is 15.3. The van der Waals surface area contributed by atoms with E-state index in [0.717, 1.165) is 38.2 Å². The predicted octanol–water partition coefficient (Wildman–Crippen LogP) is 2.76. The number of amides is 1. The second-order valence-corrected chi connectivity index (χ2v) is 6.87. The summed E-state index contributed by atoms with van der Waals surface area (Å²) in [5, 5.41) is 3.14. The summed E-state index contributed by atoms with van der Waals surface area (Å²) in [6.45, 7) is 5.01. The molecule has 1 saturated heterocycles. The van der Waals surface area contributed by atoms with Crippen LogP contribution in [-0.4, -0.2) is 39.5 Å². The van der Waals surface area contributed by atoms with Crippen molar-refractivity contribution in [3.05, 3.63) is 53.9 Å². The molecule has 0 bridgehead atoms. The summed E-state index contributed by atoms with van der Waals surface area (Å²) in [4.78, 5) is 18.8. The number of carbonyl (C=O) groups excluding carboxylic acids is 1. The molecule has 0 spiro atoms. The first-order chi connectivity index (χ1) is 12.7. The largest absolute Gasteiger partial charge is 0.352 e. The Morgan fingerprint density at radius 1 is 1.38 bits per heavy atom. The van der Waals surface area contributed by atoms with Crippen molar-refractivity contribution in [2.45, 2.75) is 51.7 Å². The number of imidazole rings is 1. The molecule has 3 rings (SSSR count). The molecule has 2 aromatic rings. The SMILES string of the molecule is CCc1nccn1CCC(=O)N[C@H]1CCCN(Cc2ccccc2F)C1. The Morgan fingerprint density at radius 3 is 3.04 bits per heavy atom. The van der Waals surface area contributed by atoms with Crippen molar-refractivity contribution >= 4 is 5.91 Å². The van der Waals surface area contributed by atoms with Crippen molar-refractivity contribution < 1.29 is 9.18 Å². The molecule has 0 aliphatic carbocycles. The molecular formula is C20H27FN4O. The number of aryl methyl sites for hydroxylation is 2. The monoisotopic (exact) mass is 358 g/mol. The summed E-state index contributed by atoms with van der Waals surface area (Å²) < 4.78 is 15.9. The van der Waals surface area contributed by atoms with Gasteiger partial charge in [0.2, 0.25) is 5.91 Å². The maximum atomic E-state index is 13.8. The number of carbonyl (C=O) groups is 1. The van der Waals surface area contributed by atoms with Crippen LogP contribution in [0.15, 0.2) is 36.7 Å². The molecule has 1 aliphatic rings. The van der Waals surface area contributed by atoms with Gasteiger partial charge in [-0.1, -0.05) is 25.1 Å². The number of benzene rings is 1. The Bertz CT molecular complexity index is 730. The summed E-state index contributed by atoms with van der Waals surface area (Å²) in [5.74, 6) is 0.913. The molecule has 0 unspecified atom stereocenters. The predicted molar refractivity (Wildman–Crippen MR) is 99.1 cm³/mol. The van der Waals surface area contributed by atoms with Crippen molar-refractivity contribution in [2.24, 2.45) is 0 Å². The molecule has 6 heteroatoms. The molecule has 0 radical (unpaired) electrons. The van der Waals surface area contributed by atoms with Gasteiger partial charge in [-0.05, 0) is 25.5 Å². The summed E-state index contributed by atoms with van der Waals surface area (Å²) in [6.07, 6.45) is 7.00. The molecule has 1 aromatic carbocycles. The van der Waals surface area contributed by atoms with Crippen molar-refractivity contribution in [1.29, 1.82) is 0 Å². The lowest BCUT2D eigenvalue weighted by molar-refractivity contribution is -0.122. The third kappa shape index (κ3) is 4.91. The smallest absolute Gasteiger partial charge is 0.222 e. The Labute approximate surface area is 154 Å². The van der Waals surface area contributed by atoms with Gasteiger partial charge in [0.25, 0.3) is 0 Å².